The normalized spacial score (nSPS) is 15.2. The van der Waals surface area contributed by atoms with Crippen molar-refractivity contribution < 1.29 is 14.0 Å². The van der Waals surface area contributed by atoms with E-state index in [1.54, 1.807) is 0 Å². The molecule has 0 heterocycles. The van der Waals surface area contributed by atoms with Crippen LogP contribution in [0.2, 0.25) is 0 Å². The van der Waals surface area contributed by atoms with E-state index in [9.17, 15) is 14.0 Å². The van der Waals surface area contributed by atoms with Gasteiger partial charge in [0, 0.05) is 11.5 Å². The second kappa shape index (κ2) is 5.84. The number of rotatable bonds is 2. The molecule has 1 aliphatic rings. The number of hydrogen-bond donors (Lipinski definition) is 1. The van der Waals surface area contributed by atoms with Gasteiger partial charge in [-0.2, -0.15) is 0 Å². The highest BCUT2D eigenvalue weighted by Gasteiger charge is 2.36. The first kappa shape index (κ1) is 15.5. The molecule has 21 heavy (non-hydrogen) atoms. The summed E-state index contributed by atoms with van der Waals surface area (Å²) in [5.41, 5.74) is 2.30. The van der Waals surface area contributed by atoms with E-state index in [1.807, 2.05) is 20.8 Å². The van der Waals surface area contributed by atoms with Crippen LogP contribution in [0.15, 0.2) is 24.3 Å². The van der Waals surface area contributed by atoms with Crippen molar-refractivity contribution in [1.82, 2.24) is 10.4 Å². The van der Waals surface area contributed by atoms with Crippen molar-refractivity contribution in [3.8, 4) is 0 Å². The molecule has 5 heteroatoms. The summed E-state index contributed by atoms with van der Waals surface area (Å²) in [6, 6.07) is 5.42. The van der Waals surface area contributed by atoms with Gasteiger partial charge in [-0.3, -0.25) is 15.0 Å². The zero-order chi connectivity index (χ0) is 15.6. The molecule has 1 aromatic rings. The second-order valence-electron chi connectivity index (χ2n) is 6.42. The maximum Gasteiger partial charge on any atom is 0.269 e. The van der Waals surface area contributed by atoms with Crippen LogP contribution in [0.4, 0.5) is 4.39 Å². The van der Waals surface area contributed by atoms with Crippen LogP contribution in [-0.2, 0) is 4.79 Å². The zero-order valence-electron chi connectivity index (χ0n) is 12.6. The third-order valence-electron chi connectivity index (χ3n) is 3.65. The summed E-state index contributed by atoms with van der Waals surface area (Å²) >= 11 is 0. The van der Waals surface area contributed by atoms with Crippen molar-refractivity contribution in [3.05, 3.63) is 35.6 Å². The van der Waals surface area contributed by atoms with Gasteiger partial charge in [-0.05, 0) is 51.8 Å². The number of carbonyl (C=O) groups is 2. The van der Waals surface area contributed by atoms with Crippen molar-refractivity contribution in [2.75, 3.05) is 0 Å². The van der Waals surface area contributed by atoms with E-state index in [0.717, 1.165) is 25.3 Å². The first-order chi connectivity index (χ1) is 9.79. The van der Waals surface area contributed by atoms with E-state index in [0.29, 0.717) is 0 Å². The van der Waals surface area contributed by atoms with Gasteiger partial charge in [-0.25, -0.2) is 9.40 Å². The van der Waals surface area contributed by atoms with Crippen LogP contribution in [0.1, 0.15) is 50.4 Å². The number of hydrazine groups is 1. The molecule has 0 saturated heterocycles. The van der Waals surface area contributed by atoms with Gasteiger partial charge in [0.2, 0.25) is 5.91 Å². The van der Waals surface area contributed by atoms with Crippen molar-refractivity contribution in [3.63, 3.8) is 0 Å². The number of hydrogen-bond acceptors (Lipinski definition) is 2. The lowest BCUT2D eigenvalue weighted by atomic mass is 9.84. The third kappa shape index (κ3) is 3.60. The van der Waals surface area contributed by atoms with E-state index in [-0.39, 0.29) is 17.4 Å². The molecule has 2 rings (SSSR count). The first-order valence-electron chi connectivity index (χ1n) is 7.19. The molecule has 0 atom stereocenters. The number of nitrogens with zero attached hydrogens (tertiary/aromatic N) is 1. The predicted molar refractivity (Wildman–Crippen MR) is 77.8 cm³/mol. The van der Waals surface area contributed by atoms with E-state index in [2.05, 4.69) is 5.43 Å². The molecule has 0 bridgehead atoms. The second-order valence-corrected chi connectivity index (χ2v) is 6.42. The van der Waals surface area contributed by atoms with E-state index < -0.39 is 17.3 Å². The summed E-state index contributed by atoms with van der Waals surface area (Å²) < 4.78 is 13.2. The largest absolute Gasteiger partial charge is 0.273 e. The Labute approximate surface area is 124 Å². The minimum atomic E-state index is -0.532. The van der Waals surface area contributed by atoms with Gasteiger partial charge in [0.1, 0.15) is 5.82 Å². The highest BCUT2D eigenvalue weighted by atomic mass is 19.1. The number of halogens is 1. The van der Waals surface area contributed by atoms with Crippen LogP contribution < -0.4 is 5.43 Å². The summed E-state index contributed by atoms with van der Waals surface area (Å²) in [5.74, 6) is -1.04. The van der Waals surface area contributed by atoms with Gasteiger partial charge in [0.25, 0.3) is 5.91 Å². The molecule has 4 nitrogen and oxygen atoms in total. The van der Waals surface area contributed by atoms with Gasteiger partial charge < -0.3 is 0 Å². The van der Waals surface area contributed by atoms with Gasteiger partial charge in [-0.15, -0.1) is 0 Å². The lowest BCUT2D eigenvalue weighted by Crippen LogP contribution is -2.58. The Morgan fingerprint density at radius 2 is 1.95 bits per heavy atom. The van der Waals surface area contributed by atoms with Crippen LogP contribution in [0, 0.1) is 11.7 Å². The van der Waals surface area contributed by atoms with Gasteiger partial charge in [-0.1, -0.05) is 12.5 Å². The standard InChI is InChI=1S/C16H21FN2O2/c1-16(2,3)19(15(21)11-6-4-7-11)18-14(20)12-8-5-9-13(17)10-12/h5,8-11H,4,6-7H2,1-3H3,(H,18,20). The molecule has 2 amide bonds. The number of carbonyl (C=O) groups excluding carboxylic acids is 2. The summed E-state index contributed by atoms with van der Waals surface area (Å²) in [4.78, 5) is 24.7. The van der Waals surface area contributed by atoms with Crippen molar-refractivity contribution in [2.24, 2.45) is 5.92 Å². The topological polar surface area (TPSA) is 49.4 Å². The minimum Gasteiger partial charge on any atom is -0.273 e. The molecular formula is C16H21FN2O2. The van der Waals surface area contributed by atoms with Gasteiger partial charge in [0.05, 0.1) is 5.54 Å². The zero-order valence-corrected chi connectivity index (χ0v) is 12.6. The number of amides is 2. The molecule has 1 aliphatic carbocycles. The monoisotopic (exact) mass is 292 g/mol. The van der Waals surface area contributed by atoms with Crippen LogP contribution in [-0.4, -0.2) is 22.4 Å². The Hall–Kier alpha value is -1.91. The smallest absolute Gasteiger partial charge is 0.269 e. The highest BCUT2D eigenvalue weighted by molar-refractivity contribution is 5.95. The first-order valence-corrected chi connectivity index (χ1v) is 7.19. The maximum absolute atomic E-state index is 13.2. The highest BCUT2D eigenvalue weighted by Crippen LogP contribution is 2.30. The fraction of sp³-hybridized carbons (Fsp3) is 0.500. The summed E-state index contributed by atoms with van der Waals surface area (Å²) in [5, 5.41) is 1.38. The van der Waals surface area contributed by atoms with Crippen LogP contribution in [0.25, 0.3) is 0 Å². The Bertz CT molecular complexity index is 547. The molecule has 114 valence electrons. The van der Waals surface area contributed by atoms with Gasteiger partial charge in [0.15, 0.2) is 0 Å². The molecular weight excluding hydrogens is 271 g/mol. The molecule has 1 N–H and O–H groups in total. The van der Waals surface area contributed by atoms with Gasteiger partial charge >= 0.3 is 0 Å². The predicted octanol–water partition coefficient (Wildman–Crippen LogP) is 2.90. The molecule has 1 saturated carbocycles. The molecule has 0 radical (unpaired) electrons. The Morgan fingerprint density at radius 1 is 1.29 bits per heavy atom. The van der Waals surface area contributed by atoms with E-state index in [4.69, 9.17) is 0 Å². The minimum absolute atomic E-state index is 0.0166. The Morgan fingerprint density at radius 3 is 2.43 bits per heavy atom. The van der Waals surface area contributed by atoms with Crippen molar-refractivity contribution >= 4 is 11.8 Å². The Balaban J connectivity index is 2.15. The molecule has 0 aromatic heterocycles. The number of nitrogens with one attached hydrogen (secondary N) is 1. The third-order valence-corrected chi connectivity index (χ3v) is 3.65. The summed E-state index contributed by atoms with van der Waals surface area (Å²) in [6.45, 7) is 5.57. The Kier molecular flexibility index (Phi) is 4.30. The lowest BCUT2D eigenvalue weighted by molar-refractivity contribution is -0.146. The molecule has 0 aliphatic heterocycles. The summed E-state index contributed by atoms with van der Waals surface area (Å²) in [7, 11) is 0. The van der Waals surface area contributed by atoms with Crippen LogP contribution in [0.3, 0.4) is 0 Å². The molecule has 1 fully saturated rings. The van der Waals surface area contributed by atoms with Crippen LogP contribution >= 0.6 is 0 Å². The molecule has 0 unspecified atom stereocenters. The van der Waals surface area contributed by atoms with Crippen molar-refractivity contribution in [1.29, 1.82) is 0 Å². The molecule has 0 spiro atoms. The maximum atomic E-state index is 13.2. The van der Waals surface area contributed by atoms with Crippen LogP contribution in [0.5, 0.6) is 0 Å². The average molecular weight is 292 g/mol. The molecule has 1 aromatic carbocycles. The SMILES string of the molecule is CC(C)(C)N(NC(=O)c1cccc(F)c1)C(=O)C1CCC1. The fourth-order valence-electron chi connectivity index (χ4n) is 2.19. The quantitative estimate of drug-likeness (QED) is 0.852. The van der Waals surface area contributed by atoms with E-state index in [1.165, 1.54) is 23.2 Å². The lowest BCUT2D eigenvalue weighted by Gasteiger charge is -2.39. The van der Waals surface area contributed by atoms with E-state index >= 15 is 0 Å². The average Bonchev–Trinajstić information content (AvgIpc) is 2.31. The summed E-state index contributed by atoms with van der Waals surface area (Å²) in [6.07, 6.45) is 2.77. The number of benzene rings is 1. The van der Waals surface area contributed by atoms with Crippen molar-refractivity contribution in [2.45, 2.75) is 45.6 Å². The fourth-order valence-corrected chi connectivity index (χ4v) is 2.19.